The summed E-state index contributed by atoms with van der Waals surface area (Å²) in [6.45, 7) is 15.5. The van der Waals surface area contributed by atoms with Crippen molar-refractivity contribution in [3.63, 3.8) is 0 Å². The number of benzene rings is 3. The lowest BCUT2D eigenvalue weighted by Gasteiger charge is -2.35. The number of rotatable bonds is 27. The molecule has 3 amide bonds. The summed E-state index contributed by atoms with van der Waals surface area (Å²) in [6.07, 6.45) is 5.88. The first-order chi connectivity index (χ1) is 37.6. The predicted octanol–water partition coefficient (Wildman–Crippen LogP) is 9.00. The molecule has 0 radical (unpaired) electrons. The fourth-order valence-corrected chi connectivity index (χ4v) is 11.1. The van der Waals surface area contributed by atoms with Gasteiger partial charge in [0.05, 0.1) is 72.6 Å². The van der Waals surface area contributed by atoms with Crippen molar-refractivity contribution in [1.82, 2.24) is 30.3 Å². The number of unbranched alkanes of at least 4 members (excludes halogenated alkanes) is 3. The zero-order chi connectivity index (χ0) is 55.8. The fraction of sp³-hybridized carbons (Fsp3) is 0.500. The second-order valence-corrected chi connectivity index (χ2v) is 22.6. The van der Waals surface area contributed by atoms with Crippen LogP contribution in [0.15, 0.2) is 66.2 Å². The van der Waals surface area contributed by atoms with Crippen LogP contribution >= 0.6 is 34.5 Å². The lowest BCUT2D eigenvalue weighted by molar-refractivity contribution is -0.144. The van der Waals surface area contributed by atoms with E-state index >= 15 is 0 Å². The van der Waals surface area contributed by atoms with E-state index in [2.05, 4.69) is 55.2 Å². The molecule has 20 heteroatoms. The number of fused-ring (bicyclic) bond motifs is 1. The first kappa shape index (κ1) is 59.9. The van der Waals surface area contributed by atoms with Gasteiger partial charge in [-0.15, -0.1) is 11.3 Å². The van der Waals surface area contributed by atoms with E-state index in [0.717, 1.165) is 82.5 Å². The van der Waals surface area contributed by atoms with Crippen LogP contribution in [0.3, 0.4) is 0 Å². The maximum absolute atomic E-state index is 14.0. The Morgan fingerprint density at radius 1 is 0.859 bits per heavy atom. The number of carbonyl (C=O) groups excluding carboxylic acids is 3. The highest BCUT2D eigenvalue weighted by Gasteiger charge is 2.44. The van der Waals surface area contributed by atoms with Crippen LogP contribution in [0, 0.1) is 23.7 Å². The Morgan fingerprint density at radius 3 is 2.24 bits per heavy atom. The average molecular weight is 1130 g/mol. The molecular weight excluding hydrogens is 1060 g/mol. The number of nitriles is 1. The Bertz CT molecular complexity index is 2850. The number of hydrogen-bond acceptors (Lipinski definition) is 15. The molecule has 4 heterocycles. The maximum Gasteiger partial charge on any atom is 0.246 e. The molecule has 4 N–H and O–H groups in total. The normalized spacial score (nSPS) is 16.4. The van der Waals surface area contributed by atoms with Gasteiger partial charge in [0.15, 0.2) is 11.5 Å². The molecule has 0 aliphatic carbocycles. The van der Waals surface area contributed by atoms with E-state index in [-0.39, 0.29) is 38.6 Å². The Labute approximate surface area is 472 Å². The van der Waals surface area contributed by atoms with Gasteiger partial charge in [-0.25, -0.2) is 0 Å². The van der Waals surface area contributed by atoms with E-state index in [0.29, 0.717) is 75.0 Å². The molecule has 78 heavy (non-hydrogen) atoms. The molecule has 3 atom stereocenters. The van der Waals surface area contributed by atoms with Crippen LogP contribution in [0.5, 0.6) is 17.2 Å². The molecule has 7 rings (SSSR count). The molecule has 2 fully saturated rings. The molecular formula is C58H74Cl2N8O9S. The number of nitrogens with one attached hydrogen (secondary N) is 3. The van der Waals surface area contributed by atoms with E-state index in [1.807, 2.05) is 57.2 Å². The number of amides is 3. The molecule has 0 bridgehead atoms. The molecule has 2 aliphatic heterocycles. The number of carbonyl (C=O) groups is 3. The number of halogens is 2. The van der Waals surface area contributed by atoms with Crippen molar-refractivity contribution in [1.29, 1.82) is 5.26 Å². The highest BCUT2D eigenvalue weighted by atomic mass is 35.5. The van der Waals surface area contributed by atoms with Crippen LogP contribution in [-0.2, 0) is 30.4 Å². The molecule has 17 nitrogen and oxygen atoms in total. The van der Waals surface area contributed by atoms with Gasteiger partial charge in [-0.3, -0.25) is 19.4 Å². The summed E-state index contributed by atoms with van der Waals surface area (Å²) >= 11 is 14.5. The number of aliphatic hydroxyl groups excluding tert-OH is 1. The number of nitrogens with zero attached hydrogens (tertiary/aromatic N) is 5. The molecule has 420 valence electrons. The minimum Gasteiger partial charge on any atom is -0.495 e. The molecule has 2 saturated heterocycles. The number of likely N-dealkylation sites (tertiary alicyclic amines) is 1. The van der Waals surface area contributed by atoms with Crippen molar-refractivity contribution in [2.75, 3.05) is 98.4 Å². The van der Waals surface area contributed by atoms with Crippen molar-refractivity contribution in [3.8, 4) is 33.8 Å². The zero-order valence-corrected chi connectivity index (χ0v) is 48.0. The summed E-state index contributed by atoms with van der Waals surface area (Å²) in [5.41, 5.74) is 4.57. The van der Waals surface area contributed by atoms with Crippen LogP contribution in [0.25, 0.3) is 21.3 Å². The second kappa shape index (κ2) is 28.9. The monoisotopic (exact) mass is 1130 g/mol. The molecule has 2 aromatic heterocycles. The molecule has 2 aliphatic rings. The van der Waals surface area contributed by atoms with Gasteiger partial charge in [0.1, 0.15) is 30.5 Å². The fourth-order valence-electron chi connectivity index (χ4n) is 9.66. The van der Waals surface area contributed by atoms with E-state index in [1.54, 1.807) is 30.6 Å². The quantitative estimate of drug-likeness (QED) is 0.0363. The Kier molecular flexibility index (Phi) is 22.2. The van der Waals surface area contributed by atoms with Crippen LogP contribution in [0.1, 0.15) is 76.0 Å². The SMILES string of the molecule is COc1cc(Nc2c(C#N)cnc3cc(OCCCN4CCN(CCCCCCOCCOCC(=O)N[C@H](C(=O)N5C[C@H](O)C[C@H]5C(=O)NCc5ccc(-c6sccc6C)cc5)C(C)(C)C)CC4)c(OC)cc23)c(Cl)cc1Cl. The number of aliphatic hydroxyl groups is 1. The van der Waals surface area contributed by atoms with Gasteiger partial charge in [0.25, 0.3) is 0 Å². The smallest absolute Gasteiger partial charge is 0.246 e. The van der Waals surface area contributed by atoms with Crippen molar-refractivity contribution in [3.05, 3.63) is 92.9 Å². The third-order valence-corrected chi connectivity index (χ3v) is 15.7. The van der Waals surface area contributed by atoms with Gasteiger partial charge >= 0.3 is 0 Å². The number of ether oxygens (including phenoxy) is 5. The van der Waals surface area contributed by atoms with Crippen molar-refractivity contribution >= 4 is 74.5 Å². The summed E-state index contributed by atoms with van der Waals surface area (Å²) in [4.78, 5) is 52.7. The van der Waals surface area contributed by atoms with E-state index in [1.165, 1.54) is 28.6 Å². The second-order valence-electron chi connectivity index (χ2n) is 20.8. The molecule has 3 aromatic carbocycles. The number of thiophene rings is 1. The van der Waals surface area contributed by atoms with Crippen molar-refractivity contribution < 1.29 is 43.2 Å². The Morgan fingerprint density at radius 2 is 1.56 bits per heavy atom. The van der Waals surface area contributed by atoms with Gasteiger partial charge < -0.3 is 59.4 Å². The Hall–Kier alpha value is -5.75. The highest BCUT2D eigenvalue weighted by molar-refractivity contribution is 7.13. The van der Waals surface area contributed by atoms with Crippen molar-refractivity contribution in [2.24, 2.45) is 5.41 Å². The number of pyridine rings is 1. The number of aromatic nitrogens is 1. The largest absolute Gasteiger partial charge is 0.495 e. The van der Waals surface area contributed by atoms with Crippen LogP contribution in [-0.4, -0.2) is 154 Å². The number of aryl methyl sites for hydroxylation is 1. The molecule has 5 aromatic rings. The van der Waals surface area contributed by atoms with Crippen LogP contribution in [0.2, 0.25) is 10.0 Å². The minimum atomic E-state index is -0.939. The van der Waals surface area contributed by atoms with E-state index in [4.69, 9.17) is 46.9 Å². The lowest BCUT2D eigenvalue weighted by Crippen LogP contribution is -2.58. The summed E-state index contributed by atoms with van der Waals surface area (Å²) in [7, 11) is 3.10. The number of hydrogen-bond donors (Lipinski definition) is 4. The number of piperazine rings is 1. The van der Waals surface area contributed by atoms with Gasteiger partial charge in [0, 0.05) is 87.4 Å². The van der Waals surface area contributed by atoms with Gasteiger partial charge in [-0.05, 0) is 78.4 Å². The molecule has 0 unspecified atom stereocenters. The third kappa shape index (κ3) is 16.4. The topological polar surface area (TPSA) is 200 Å². The highest BCUT2D eigenvalue weighted by Crippen LogP contribution is 2.41. The van der Waals surface area contributed by atoms with Gasteiger partial charge in [0.2, 0.25) is 17.7 Å². The van der Waals surface area contributed by atoms with Crippen molar-refractivity contribution in [2.45, 2.75) is 91.0 Å². The lowest BCUT2D eigenvalue weighted by atomic mass is 9.85. The van der Waals surface area contributed by atoms with Crippen LogP contribution in [0.4, 0.5) is 11.4 Å². The summed E-state index contributed by atoms with van der Waals surface area (Å²) < 4.78 is 28.7. The zero-order valence-electron chi connectivity index (χ0n) is 45.6. The Balaban J connectivity index is 0.725. The number of methoxy groups -OCH3 is 2. The van der Waals surface area contributed by atoms with E-state index < -0.39 is 35.4 Å². The molecule has 0 saturated carbocycles. The summed E-state index contributed by atoms with van der Waals surface area (Å²) in [5, 5.41) is 33.1. The standard InChI is InChI=1S/C58H74Cl2N8O9S/c1-38-16-27-78-54(38)40-14-12-39(13-15-40)34-63-56(71)48-28-42(69)36-68(48)57(72)55(58(2,3)4)65-52(70)37-76-26-25-75-23-10-8-7-9-17-66-19-21-67(22-20-66)18-11-24-77-51-31-46-43(29-50(51)74-6)53(41(33-61)35-62-46)64-47-32-49(73-5)45(60)30-44(47)59/h12-16,27,29-32,35,42,48,55,69H,7-11,17-26,28,34,36-37H2,1-6H3,(H,62,64)(H,63,71)(H,65,70)/t42-,48+,55-/m1/s1. The number of anilines is 2. The average Bonchev–Trinajstić information content (AvgIpc) is 4.11. The van der Waals surface area contributed by atoms with Gasteiger partial charge in [-0.2, -0.15) is 5.26 Å². The summed E-state index contributed by atoms with van der Waals surface area (Å²) in [6, 6.07) is 17.4. The first-order valence-electron chi connectivity index (χ1n) is 26.7. The van der Waals surface area contributed by atoms with Gasteiger partial charge in [-0.1, -0.05) is 81.1 Å². The third-order valence-electron chi connectivity index (χ3n) is 14.1. The summed E-state index contributed by atoms with van der Waals surface area (Å²) in [5.74, 6) is 0.324. The van der Waals surface area contributed by atoms with E-state index in [9.17, 15) is 24.8 Å². The number of β-amino-alcohol motifs (C(OH)–C–C–N with tert-alkyl or cyclic N) is 1. The minimum absolute atomic E-state index is 0.00197. The van der Waals surface area contributed by atoms with Crippen LogP contribution < -0.4 is 30.2 Å². The predicted molar refractivity (Wildman–Crippen MR) is 306 cm³/mol. The molecule has 0 spiro atoms. The first-order valence-corrected chi connectivity index (χ1v) is 28.3. The maximum atomic E-state index is 14.0.